The summed E-state index contributed by atoms with van der Waals surface area (Å²) in [5.74, 6) is 0. The van der Waals surface area contributed by atoms with Crippen LogP contribution >= 0.6 is 0 Å². The molecule has 0 aliphatic heterocycles. The molecule has 0 rings (SSSR count). The first-order chi connectivity index (χ1) is 6.41. The zero-order chi connectivity index (χ0) is 9.78. The van der Waals surface area contributed by atoms with Crippen LogP contribution in [0.15, 0.2) is 0 Å². The van der Waals surface area contributed by atoms with Gasteiger partial charge in [-0.2, -0.15) is 0 Å². The van der Waals surface area contributed by atoms with E-state index in [1.54, 1.807) is 0 Å². The predicted octanol–water partition coefficient (Wildman–Crippen LogP) is 1.05. The fraction of sp³-hybridized carbons (Fsp3) is 0.889. The lowest BCUT2D eigenvalue weighted by Gasteiger charge is -2.00. The van der Waals surface area contributed by atoms with E-state index in [1.165, 1.54) is 19.3 Å². The van der Waals surface area contributed by atoms with Crippen molar-refractivity contribution in [3.05, 3.63) is 0 Å². The Morgan fingerprint density at radius 1 is 0.923 bits per heavy atom. The van der Waals surface area contributed by atoms with E-state index in [-0.39, 0.29) is 0 Å². The van der Waals surface area contributed by atoms with Crippen molar-refractivity contribution in [2.75, 3.05) is 13.1 Å². The maximum atomic E-state index is 9.87. The van der Waals surface area contributed by atoms with E-state index in [0.717, 1.165) is 32.2 Å². The van der Waals surface area contributed by atoms with Crippen LogP contribution in [0.25, 0.3) is 0 Å². The van der Waals surface area contributed by atoms with E-state index < -0.39 is 0 Å². The van der Waals surface area contributed by atoms with Crippen LogP contribution in [0.5, 0.6) is 0 Å². The third kappa shape index (κ3) is 11.4. The van der Waals surface area contributed by atoms with Crippen LogP contribution in [0.4, 0.5) is 0 Å². The third-order valence-electron chi connectivity index (χ3n) is 1.94. The Hall–Kier alpha value is -0.610. The van der Waals surface area contributed by atoms with Gasteiger partial charge in [0.25, 0.3) is 0 Å². The van der Waals surface area contributed by atoms with Crippen molar-refractivity contribution in [2.24, 2.45) is 0 Å². The summed E-state index contributed by atoms with van der Waals surface area (Å²) in [6, 6.07) is 0. The summed E-state index contributed by atoms with van der Waals surface area (Å²) < 4.78 is 0. The quantitative estimate of drug-likeness (QED) is 0.273. The number of rotatable bonds is 10. The second-order valence-electron chi connectivity index (χ2n) is 3.10. The van der Waals surface area contributed by atoms with Gasteiger partial charge in [-0.15, -0.1) is 0 Å². The van der Waals surface area contributed by atoms with Crippen LogP contribution in [0, 0.1) is 0 Å². The van der Waals surface area contributed by atoms with Gasteiger partial charge in [-0.1, -0.05) is 25.7 Å². The Kier molecular flexibility index (Phi) is 10.9. The first-order valence-corrected chi connectivity index (χ1v) is 4.96. The second-order valence-corrected chi connectivity index (χ2v) is 3.10. The SMILES string of the molecule is O=CNCCCCCCCCNO. The van der Waals surface area contributed by atoms with Crippen LogP contribution < -0.4 is 10.8 Å². The number of hydrogen-bond donors (Lipinski definition) is 3. The molecule has 0 aromatic heterocycles. The molecule has 0 aromatic carbocycles. The Bertz CT molecular complexity index is 110. The molecule has 0 unspecified atom stereocenters. The summed E-state index contributed by atoms with van der Waals surface area (Å²) in [5, 5.41) is 10.9. The van der Waals surface area contributed by atoms with Gasteiger partial charge in [-0.25, -0.2) is 5.48 Å². The van der Waals surface area contributed by atoms with Crippen LogP contribution in [0.3, 0.4) is 0 Å². The molecule has 0 saturated carbocycles. The van der Waals surface area contributed by atoms with E-state index in [9.17, 15) is 4.79 Å². The topological polar surface area (TPSA) is 61.4 Å². The molecule has 0 atom stereocenters. The largest absolute Gasteiger partial charge is 0.359 e. The van der Waals surface area contributed by atoms with Gasteiger partial charge < -0.3 is 10.5 Å². The molecular weight excluding hydrogens is 168 g/mol. The number of amides is 1. The van der Waals surface area contributed by atoms with Crippen molar-refractivity contribution in [1.82, 2.24) is 10.8 Å². The van der Waals surface area contributed by atoms with Crippen LogP contribution in [-0.4, -0.2) is 24.7 Å². The molecule has 3 N–H and O–H groups in total. The third-order valence-corrected chi connectivity index (χ3v) is 1.94. The molecule has 0 radical (unpaired) electrons. The first-order valence-electron chi connectivity index (χ1n) is 4.96. The van der Waals surface area contributed by atoms with Crippen molar-refractivity contribution in [1.29, 1.82) is 0 Å². The van der Waals surface area contributed by atoms with Crippen molar-refractivity contribution in [3.63, 3.8) is 0 Å². The molecule has 0 saturated heterocycles. The van der Waals surface area contributed by atoms with Gasteiger partial charge in [0.05, 0.1) is 0 Å². The standard InChI is InChI=1S/C9H20N2O2/c12-9-10-7-5-3-1-2-4-6-8-11-13/h9,11,13H,1-8H2,(H,10,12). The number of unbranched alkanes of at least 4 members (excludes halogenated alkanes) is 5. The highest BCUT2D eigenvalue weighted by atomic mass is 16.5. The van der Waals surface area contributed by atoms with Gasteiger partial charge in [0.2, 0.25) is 6.41 Å². The number of carbonyl (C=O) groups excluding carboxylic acids is 1. The molecule has 4 nitrogen and oxygen atoms in total. The minimum atomic E-state index is 0.687. The van der Waals surface area contributed by atoms with E-state index in [4.69, 9.17) is 5.21 Å². The van der Waals surface area contributed by atoms with Crippen molar-refractivity contribution >= 4 is 6.41 Å². The summed E-state index contributed by atoms with van der Waals surface area (Å²) in [6.45, 7) is 1.48. The van der Waals surface area contributed by atoms with Crippen molar-refractivity contribution in [3.8, 4) is 0 Å². The van der Waals surface area contributed by atoms with Gasteiger partial charge in [-0.3, -0.25) is 4.79 Å². The summed E-state index contributed by atoms with van der Waals surface area (Å²) in [6.07, 6.45) is 7.60. The smallest absolute Gasteiger partial charge is 0.207 e. The number of hydrogen-bond acceptors (Lipinski definition) is 3. The number of hydroxylamine groups is 1. The highest BCUT2D eigenvalue weighted by Crippen LogP contribution is 2.03. The molecule has 0 aliphatic carbocycles. The summed E-state index contributed by atoms with van der Waals surface area (Å²) >= 11 is 0. The average Bonchev–Trinajstić information content (AvgIpc) is 2.16. The Morgan fingerprint density at radius 3 is 2.00 bits per heavy atom. The minimum absolute atomic E-state index is 0.687. The Labute approximate surface area is 79.7 Å². The maximum absolute atomic E-state index is 9.87. The molecule has 0 bridgehead atoms. The Morgan fingerprint density at radius 2 is 1.46 bits per heavy atom. The van der Waals surface area contributed by atoms with Gasteiger partial charge in [0.15, 0.2) is 0 Å². The Balaban J connectivity index is 2.79. The zero-order valence-electron chi connectivity index (χ0n) is 8.09. The molecule has 0 aliphatic rings. The molecule has 78 valence electrons. The first kappa shape index (κ1) is 12.4. The summed E-state index contributed by atoms with van der Waals surface area (Å²) in [7, 11) is 0. The second kappa shape index (κ2) is 11.4. The van der Waals surface area contributed by atoms with Crippen LogP contribution in [0.1, 0.15) is 38.5 Å². The number of nitrogens with one attached hydrogen (secondary N) is 2. The van der Waals surface area contributed by atoms with Crippen molar-refractivity contribution < 1.29 is 10.0 Å². The van der Waals surface area contributed by atoms with Crippen molar-refractivity contribution in [2.45, 2.75) is 38.5 Å². The lowest BCUT2D eigenvalue weighted by molar-refractivity contribution is -0.109. The average molecular weight is 188 g/mol. The van der Waals surface area contributed by atoms with E-state index >= 15 is 0 Å². The summed E-state index contributed by atoms with van der Waals surface area (Å²) in [5.41, 5.74) is 2.14. The fourth-order valence-electron chi connectivity index (χ4n) is 1.20. The summed E-state index contributed by atoms with van der Waals surface area (Å²) in [4.78, 5) is 9.87. The van der Waals surface area contributed by atoms with Gasteiger partial charge in [-0.05, 0) is 12.8 Å². The van der Waals surface area contributed by atoms with Crippen LogP contribution in [-0.2, 0) is 4.79 Å². The molecular formula is C9H20N2O2. The zero-order valence-corrected chi connectivity index (χ0v) is 8.09. The predicted molar refractivity (Wildman–Crippen MR) is 51.6 cm³/mol. The molecule has 0 spiro atoms. The fourth-order valence-corrected chi connectivity index (χ4v) is 1.20. The maximum Gasteiger partial charge on any atom is 0.207 e. The van der Waals surface area contributed by atoms with E-state index in [1.807, 2.05) is 0 Å². The van der Waals surface area contributed by atoms with Gasteiger partial charge in [0.1, 0.15) is 0 Å². The van der Waals surface area contributed by atoms with Gasteiger partial charge >= 0.3 is 0 Å². The van der Waals surface area contributed by atoms with E-state index in [0.29, 0.717) is 6.54 Å². The number of carbonyl (C=O) groups is 1. The molecule has 0 fully saturated rings. The monoisotopic (exact) mass is 188 g/mol. The molecule has 4 heteroatoms. The molecule has 0 aromatic rings. The minimum Gasteiger partial charge on any atom is -0.359 e. The molecule has 13 heavy (non-hydrogen) atoms. The molecule has 0 heterocycles. The van der Waals surface area contributed by atoms with E-state index in [2.05, 4.69) is 10.8 Å². The van der Waals surface area contributed by atoms with Gasteiger partial charge in [0, 0.05) is 13.1 Å². The molecule has 1 amide bonds. The highest BCUT2D eigenvalue weighted by molar-refractivity contribution is 5.45. The normalized spacial score (nSPS) is 9.92. The van der Waals surface area contributed by atoms with Crippen LogP contribution in [0.2, 0.25) is 0 Å². The lowest BCUT2D eigenvalue weighted by atomic mass is 10.1. The lowest BCUT2D eigenvalue weighted by Crippen LogP contribution is -2.11. The highest BCUT2D eigenvalue weighted by Gasteiger charge is 1.90.